The fourth-order valence-electron chi connectivity index (χ4n) is 3.43. The molecule has 144 valence electrons. The van der Waals surface area contributed by atoms with Gasteiger partial charge in [-0.2, -0.15) is 0 Å². The summed E-state index contributed by atoms with van der Waals surface area (Å²) in [7, 11) is 4.62. The van der Waals surface area contributed by atoms with Crippen LogP contribution < -0.4 is 19.5 Å². The van der Waals surface area contributed by atoms with Crippen LogP contribution in [0, 0.1) is 0 Å². The molecule has 2 aromatic rings. The topological polar surface area (TPSA) is 60.0 Å². The number of benzene rings is 2. The minimum absolute atomic E-state index is 0.0410. The number of carbonyl (C=O) groups is 1. The van der Waals surface area contributed by atoms with E-state index in [-0.39, 0.29) is 12.1 Å². The molecule has 0 saturated carbocycles. The van der Waals surface area contributed by atoms with Crippen molar-refractivity contribution < 1.29 is 19.0 Å². The third-order valence-corrected chi connectivity index (χ3v) is 5.04. The first-order chi connectivity index (χ1) is 13.1. The molecular formula is C20H23ClN2O4. The number of urea groups is 1. The number of halogens is 1. The Bertz CT molecular complexity index is 802. The molecular weight excluding hydrogens is 368 g/mol. The van der Waals surface area contributed by atoms with Gasteiger partial charge in [-0.3, -0.25) is 0 Å². The molecule has 7 heteroatoms. The van der Waals surface area contributed by atoms with Gasteiger partial charge >= 0.3 is 6.03 Å². The molecule has 0 radical (unpaired) electrons. The Hall–Kier alpha value is -2.60. The SMILES string of the molecule is COc1cc(NC(=O)N2CCC[C@H]2c2ccccc2Cl)cc(OC)c1OC. The number of ether oxygens (including phenoxy) is 3. The van der Waals surface area contributed by atoms with Crippen molar-refractivity contribution in [3.8, 4) is 17.2 Å². The molecule has 1 aliphatic heterocycles. The van der Waals surface area contributed by atoms with Gasteiger partial charge in [0.05, 0.1) is 33.1 Å². The molecule has 0 aromatic heterocycles. The molecule has 1 atom stereocenters. The van der Waals surface area contributed by atoms with Gasteiger partial charge in [0, 0.05) is 23.7 Å². The maximum absolute atomic E-state index is 12.9. The summed E-state index contributed by atoms with van der Waals surface area (Å²) >= 11 is 6.34. The zero-order valence-corrected chi connectivity index (χ0v) is 16.4. The van der Waals surface area contributed by atoms with Crippen LogP contribution in [-0.2, 0) is 0 Å². The van der Waals surface area contributed by atoms with Gasteiger partial charge in [-0.25, -0.2) is 4.79 Å². The predicted molar refractivity (Wildman–Crippen MR) is 105 cm³/mol. The van der Waals surface area contributed by atoms with Gasteiger partial charge in [-0.15, -0.1) is 0 Å². The molecule has 3 rings (SSSR count). The number of carbonyl (C=O) groups excluding carboxylic acids is 1. The van der Waals surface area contributed by atoms with Crippen molar-refractivity contribution in [2.75, 3.05) is 33.2 Å². The predicted octanol–water partition coefficient (Wildman–Crippen LogP) is 4.73. The normalized spacial score (nSPS) is 16.1. The maximum Gasteiger partial charge on any atom is 0.322 e. The lowest BCUT2D eigenvalue weighted by Crippen LogP contribution is -2.34. The van der Waals surface area contributed by atoms with Crippen molar-refractivity contribution in [3.05, 3.63) is 47.0 Å². The third kappa shape index (κ3) is 3.90. The van der Waals surface area contributed by atoms with E-state index in [1.807, 2.05) is 29.2 Å². The molecule has 1 saturated heterocycles. The summed E-state index contributed by atoms with van der Waals surface area (Å²) in [5, 5.41) is 3.61. The average molecular weight is 391 g/mol. The molecule has 0 spiro atoms. The Kier molecular flexibility index (Phi) is 5.96. The summed E-state index contributed by atoms with van der Waals surface area (Å²) in [6, 6.07) is 10.8. The second kappa shape index (κ2) is 8.39. The minimum Gasteiger partial charge on any atom is -0.493 e. The largest absolute Gasteiger partial charge is 0.493 e. The highest BCUT2D eigenvalue weighted by molar-refractivity contribution is 6.31. The van der Waals surface area contributed by atoms with Gasteiger partial charge in [-0.05, 0) is 24.5 Å². The molecule has 1 N–H and O–H groups in total. The molecule has 1 aliphatic rings. The van der Waals surface area contributed by atoms with Gasteiger partial charge in [0.1, 0.15) is 0 Å². The molecule has 1 fully saturated rings. The molecule has 0 aliphatic carbocycles. The lowest BCUT2D eigenvalue weighted by molar-refractivity contribution is 0.207. The smallest absolute Gasteiger partial charge is 0.322 e. The molecule has 27 heavy (non-hydrogen) atoms. The zero-order valence-electron chi connectivity index (χ0n) is 15.6. The molecule has 1 heterocycles. The van der Waals surface area contributed by atoms with Crippen LogP contribution in [0.4, 0.5) is 10.5 Å². The van der Waals surface area contributed by atoms with Gasteiger partial charge in [0.15, 0.2) is 11.5 Å². The van der Waals surface area contributed by atoms with Crippen LogP contribution in [0.15, 0.2) is 36.4 Å². The number of anilines is 1. The van der Waals surface area contributed by atoms with Crippen molar-refractivity contribution in [1.82, 2.24) is 4.90 Å². The van der Waals surface area contributed by atoms with Crippen molar-refractivity contribution in [2.24, 2.45) is 0 Å². The van der Waals surface area contributed by atoms with Crippen molar-refractivity contribution in [1.29, 1.82) is 0 Å². The van der Waals surface area contributed by atoms with E-state index in [9.17, 15) is 4.79 Å². The lowest BCUT2D eigenvalue weighted by atomic mass is 10.0. The molecule has 0 bridgehead atoms. The summed E-state index contributed by atoms with van der Waals surface area (Å²) in [4.78, 5) is 14.7. The quantitative estimate of drug-likeness (QED) is 0.801. The Morgan fingerprint density at radius 3 is 2.37 bits per heavy atom. The lowest BCUT2D eigenvalue weighted by Gasteiger charge is -2.26. The summed E-state index contributed by atoms with van der Waals surface area (Å²) in [6.07, 6.45) is 1.81. The van der Waals surface area contributed by atoms with E-state index in [2.05, 4.69) is 5.32 Å². The van der Waals surface area contributed by atoms with E-state index in [0.717, 1.165) is 18.4 Å². The fraction of sp³-hybridized carbons (Fsp3) is 0.350. The average Bonchev–Trinajstić information content (AvgIpc) is 3.17. The van der Waals surface area contributed by atoms with Crippen LogP contribution in [-0.4, -0.2) is 38.8 Å². The number of methoxy groups -OCH3 is 3. The van der Waals surface area contributed by atoms with Crippen LogP contribution >= 0.6 is 11.6 Å². The van der Waals surface area contributed by atoms with Gasteiger partial charge in [-0.1, -0.05) is 29.8 Å². The standard InChI is InChI=1S/C20H23ClN2O4/c1-25-17-11-13(12-18(26-2)19(17)27-3)22-20(24)23-10-6-9-16(23)14-7-4-5-8-15(14)21/h4-5,7-8,11-12,16H,6,9-10H2,1-3H3,(H,22,24)/t16-/m0/s1. The molecule has 0 unspecified atom stereocenters. The van der Waals surface area contributed by atoms with E-state index in [1.165, 1.54) is 21.3 Å². The van der Waals surface area contributed by atoms with E-state index >= 15 is 0 Å². The van der Waals surface area contributed by atoms with E-state index in [0.29, 0.717) is 34.5 Å². The van der Waals surface area contributed by atoms with Gasteiger partial charge in [0.2, 0.25) is 5.75 Å². The molecule has 2 amide bonds. The Balaban J connectivity index is 1.83. The highest BCUT2D eigenvalue weighted by atomic mass is 35.5. The van der Waals surface area contributed by atoms with Crippen LogP contribution in [0.1, 0.15) is 24.4 Å². The van der Waals surface area contributed by atoms with Crippen LogP contribution in [0.25, 0.3) is 0 Å². The number of hydrogen-bond acceptors (Lipinski definition) is 4. The second-order valence-electron chi connectivity index (χ2n) is 6.22. The summed E-state index contributed by atoms with van der Waals surface area (Å²) in [6.45, 7) is 0.673. The third-order valence-electron chi connectivity index (χ3n) is 4.69. The number of hydrogen-bond donors (Lipinski definition) is 1. The monoisotopic (exact) mass is 390 g/mol. The zero-order chi connectivity index (χ0) is 19.4. The molecule has 6 nitrogen and oxygen atoms in total. The van der Waals surface area contributed by atoms with Gasteiger partial charge < -0.3 is 24.4 Å². The van der Waals surface area contributed by atoms with E-state index in [4.69, 9.17) is 25.8 Å². The highest BCUT2D eigenvalue weighted by Gasteiger charge is 2.31. The number of likely N-dealkylation sites (tertiary alicyclic amines) is 1. The second-order valence-corrected chi connectivity index (χ2v) is 6.62. The highest BCUT2D eigenvalue weighted by Crippen LogP contribution is 2.41. The first-order valence-electron chi connectivity index (χ1n) is 8.71. The van der Waals surface area contributed by atoms with E-state index < -0.39 is 0 Å². The first-order valence-corrected chi connectivity index (χ1v) is 9.09. The van der Waals surface area contributed by atoms with Gasteiger partial charge in [0.25, 0.3) is 0 Å². The number of amides is 2. The van der Waals surface area contributed by atoms with Crippen molar-refractivity contribution in [2.45, 2.75) is 18.9 Å². The molecule has 2 aromatic carbocycles. The van der Waals surface area contributed by atoms with Crippen molar-refractivity contribution >= 4 is 23.3 Å². The first kappa shape index (κ1) is 19.2. The summed E-state index contributed by atoms with van der Waals surface area (Å²) in [5.41, 5.74) is 1.54. The Labute approximate surface area is 164 Å². The van der Waals surface area contributed by atoms with Crippen LogP contribution in [0.3, 0.4) is 0 Å². The Morgan fingerprint density at radius 2 is 1.78 bits per heavy atom. The Morgan fingerprint density at radius 1 is 1.11 bits per heavy atom. The summed E-state index contributed by atoms with van der Waals surface area (Å²) < 4.78 is 16.0. The number of nitrogens with zero attached hydrogens (tertiary/aromatic N) is 1. The fourth-order valence-corrected chi connectivity index (χ4v) is 3.69. The number of nitrogens with one attached hydrogen (secondary N) is 1. The minimum atomic E-state index is -0.188. The van der Waals surface area contributed by atoms with Crippen molar-refractivity contribution in [3.63, 3.8) is 0 Å². The summed E-state index contributed by atoms with van der Waals surface area (Å²) in [5.74, 6) is 1.44. The maximum atomic E-state index is 12.9. The number of rotatable bonds is 5. The van der Waals surface area contributed by atoms with Crippen LogP contribution in [0.5, 0.6) is 17.2 Å². The van der Waals surface area contributed by atoms with E-state index in [1.54, 1.807) is 12.1 Å². The van der Waals surface area contributed by atoms with Crippen LogP contribution in [0.2, 0.25) is 5.02 Å².